The van der Waals surface area contributed by atoms with Crippen LogP contribution in [0.2, 0.25) is 0 Å². The van der Waals surface area contributed by atoms with E-state index in [4.69, 9.17) is 0 Å². The molecule has 5 heteroatoms. The molecular weight excluding hydrogens is 360 g/mol. The molecule has 29 heavy (non-hydrogen) atoms. The van der Waals surface area contributed by atoms with Gasteiger partial charge in [0.1, 0.15) is 5.82 Å². The highest BCUT2D eigenvalue weighted by Gasteiger charge is 2.75. The number of nitrogens with one attached hydrogen (secondary N) is 1. The van der Waals surface area contributed by atoms with Crippen molar-refractivity contribution in [2.24, 2.45) is 11.3 Å². The largest absolute Gasteiger partial charge is 0.310 e. The second-order valence-corrected chi connectivity index (χ2v) is 8.82. The van der Waals surface area contributed by atoms with Crippen LogP contribution in [0.15, 0.2) is 55.0 Å². The number of rotatable bonds is 4. The van der Waals surface area contributed by atoms with E-state index in [0.29, 0.717) is 5.82 Å². The van der Waals surface area contributed by atoms with Gasteiger partial charge in [-0.1, -0.05) is 12.1 Å². The van der Waals surface area contributed by atoms with Crippen LogP contribution in [-0.4, -0.2) is 15.9 Å². The first-order chi connectivity index (χ1) is 14.1. The topological polar surface area (TPSA) is 78.7 Å². The molecule has 1 aromatic carbocycles. The van der Waals surface area contributed by atoms with Crippen molar-refractivity contribution in [3.63, 3.8) is 0 Å². The van der Waals surface area contributed by atoms with Crippen LogP contribution >= 0.6 is 0 Å². The molecule has 2 heterocycles. The molecule has 2 aromatic heterocycles. The van der Waals surface area contributed by atoms with Crippen LogP contribution in [0.1, 0.15) is 42.7 Å². The van der Waals surface area contributed by atoms with Gasteiger partial charge in [0, 0.05) is 29.9 Å². The molecule has 1 amide bonds. The third-order valence-electron chi connectivity index (χ3n) is 7.16. The van der Waals surface area contributed by atoms with E-state index < -0.39 is 0 Å². The zero-order valence-electron chi connectivity index (χ0n) is 15.9. The van der Waals surface area contributed by atoms with Crippen LogP contribution in [0.5, 0.6) is 0 Å². The maximum Gasteiger partial charge on any atom is 0.229 e. The maximum atomic E-state index is 12.7. The Morgan fingerprint density at radius 3 is 2.69 bits per heavy atom. The molecule has 3 fully saturated rings. The highest BCUT2D eigenvalue weighted by Crippen LogP contribution is 2.78. The second-order valence-electron chi connectivity index (χ2n) is 8.82. The average Bonchev–Trinajstić information content (AvgIpc) is 3.66. The summed E-state index contributed by atoms with van der Waals surface area (Å²) in [5.41, 5.74) is 2.21. The van der Waals surface area contributed by atoms with Gasteiger partial charge >= 0.3 is 0 Å². The summed E-state index contributed by atoms with van der Waals surface area (Å²) in [6.07, 6.45) is 9.50. The minimum Gasteiger partial charge on any atom is -0.310 e. The lowest BCUT2D eigenvalue weighted by atomic mass is 9.92. The predicted molar refractivity (Wildman–Crippen MR) is 109 cm³/mol. The molecule has 1 N–H and O–H groups in total. The summed E-state index contributed by atoms with van der Waals surface area (Å²) in [6.45, 7) is 0. The smallest absolute Gasteiger partial charge is 0.229 e. The van der Waals surface area contributed by atoms with Gasteiger partial charge in [-0.05, 0) is 77.8 Å². The highest BCUT2D eigenvalue weighted by molar-refractivity contribution is 5.96. The molecule has 3 saturated carbocycles. The molecule has 142 valence electrons. The standard InChI is InChI=1S/C24H20N4O/c25-14-24(13-23(24)5-6-23)18-2-1-16-12-27-21(10-17(16)9-18)28-22(29)20-11-19(20)15-3-7-26-8-4-15/h1-4,7-10,12,19-20H,5-6,11,13H2,(H,27,28,29). The number of carbonyl (C=O) groups is 1. The Balaban J connectivity index is 1.23. The zero-order valence-corrected chi connectivity index (χ0v) is 15.9. The third kappa shape index (κ3) is 2.49. The van der Waals surface area contributed by atoms with Crippen LogP contribution < -0.4 is 5.32 Å². The van der Waals surface area contributed by atoms with Crippen LogP contribution in [0.25, 0.3) is 10.8 Å². The Morgan fingerprint density at radius 2 is 1.97 bits per heavy atom. The molecule has 3 unspecified atom stereocenters. The number of amides is 1. The van der Waals surface area contributed by atoms with E-state index in [0.717, 1.165) is 47.6 Å². The number of nitriles is 1. The molecule has 1 spiro atoms. The van der Waals surface area contributed by atoms with Crippen LogP contribution in [0.4, 0.5) is 5.82 Å². The average molecular weight is 380 g/mol. The molecule has 0 bridgehead atoms. The van der Waals surface area contributed by atoms with Gasteiger partial charge in [0.05, 0.1) is 11.5 Å². The lowest BCUT2D eigenvalue weighted by molar-refractivity contribution is -0.117. The SMILES string of the molecule is N#CC1(c2ccc3cnc(NC(=O)C4CC4c4ccncc4)cc3c2)CC12CC2. The Bertz CT molecular complexity index is 1190. The van der Waals surface area contributed by atoms with Crippen molar-refractivity contribution in [1.29, 1.82) is 5.26 Å². The Kier molecular flexibility index (Phi) is 3.24. The van der Waals surface area contributed by atoms with Gasteiger partial charge in [-0.25, -0.2) is 4.98 Å². The van der Waals surface area contributed by atoms with Gasteiger partial charge in [-0.3, -0.25) is 9.78 Å². The van der Waals surface area contributed by atoms with Crippen LogP contribution in [0, 0.1) is 22.7 Å². The van der Waals surface area contributed by atoms with E-state index in [9.17, 15) is 10.1 Å². The van der Waals surface area contributed by atoms with Gasteiger partial charge in [-0.15, -0.1) is 0 Å². The molecular formula is C24H20N4O. The molecule has 0 saturated heterocycles. The monoisotopic (exact) mass is 380 g/mol. The van der Waals surface area contributed by atoms with Gasteiger partial charge < -0.3 is 5.32 Å². The van der Waals surface area contributed by atoms with Gasteiger partial charge in [0.15, 0.2) is 0 Å². The second kappa shape index (κ2) is 5.64. The summed E-state index contributed by atoms with van der Waals surface area (Å²) in [6, 6.07) is 14.7. The predicted octanol–water partition coefficient (Wildman–Crippen LogP) is 4.32. The highest BCUT2D eigenvalue weighted by atomic mass is 16.2. The molecule has 3 atom stereocenters. The van der Waals surface area contributed by atoms with Crippen molar-refractivity contribution in [3.05, 3.63) is 66.1 Å². The third-order valence-corrected chi connectivity index (χ3v) is 7.16. The maximum absolute atomic E-state index is 12.7. The Morgan fingerprint density at radius 1 is 1.14 bits per heavy atom. The number of pyridine rings is 2. The van der Waals surface area contributed by atoms with Crippen molar-refractivity contribution in [1.82, 2.24) is 9.97 Å². The van der Waals surface area contributed by atoms with Crippen LogP contribution in [-0.2, 0) is 10.2 Å². The summed E-state index contributed by atoms with van der Waals surface area (Å²) in [5.74, 6) is 0.847. The molecule has 0 aliphatic heterocycles. The van der Waals surface area contributed by atoms with E-state index in [-0.39, 0.29) is 28.6 Å². The fourth-order valence-corrected chi connectivity index (χ4v) is 5.01. The fourth-order valence-electron chi connectivity index (χ4n) is 5.01. The first-order valence-corrected chi connectivity index (χ1v) is 10.2. The van der Waals surface area contributed by atoms with Crippen molar-refractivity contribution < 1.29 is 4.79 Å². The van der Waals surface area contributed by atoms with Crippen molar-refractivity contribution in [2.75, 3.05) is 5.32 Å². The molecule has 3 aliphatic rings. The molecule has 3 aromatic rings. The Labute approximate surface area is 168 Å². The van der Waals surface area contributed by atoms with Crippen molar-refractivity contribution in [3.8, 4) is 6.07 Å². The number of hydrogen-bond acceptors (Lipinski definition) is 4. The van der Waals surface area contributed by atoms with Gasteiger partial charge in [0.25, 0.3) is 0 Å². The number of aromatic nitrogens is 2. The molecule has 5 nitrogen and oxygen atoms in total. The number of benzene rings is 1. The van der Waals surface area contributed by atoms with Crippen molar-refractivity contribution >= 4 is 22.5 Å². The molecule has 6 rings (SSSR count). The summed E-state index contributed by atoms with van der Waals surface area (Å²) in [7, 11) is 0. The van der Waals surface area contributed by atoms with Crippen molar-refractivity contribution in [2.45, 2.75) is 37.0 Å². The number of fused-ring (bicyclic) bond motifs is 1. The minimum absolute atomic E-state index is 0.00993. The molecule has 3 aliphatic carbocycles. The first-order valence-electron chi connectivity index (χ1n) is 10.2. The van der Waals surface area contributed by atoms with Gasteiger partial charge in [-0.2, -0.15) is 5.26 Å². The normalized spacial score (nSPS) is 28.0. The fraction of sp³-hybridized carbons (Fsp3) is 0.333. The number of carbonyl (C=O) groups excluding carboxylic acids is 1. The van der Waals surface area contributed by atoms with E-state index in [1.165, 1.54) is 0 Å². The quantitative estimate of drug-likeness (QED) is 0.731. The van der Waals surface area contributed by atoms with E-state index in [2.05, 4.69) is 33.5 Å². The van der Waals surface area contributed by atoms with E-state index in [1.807, 2.05) is 24.3 Å². The summed E-state index contributed by atoms with van der Waals surface area (Å²) >= 11 is 0. The van der Waals surface area contributed by atoms with E-state index >= 15 is 0 Å². The summed E-state index contributed by atoms with van der Waals surface area (Å²) in [4.78, 5) is 21.1. The van der Waals surface area contributed by atoms with Crippen LogP contribution in [0.3, 0.4) is 0 Å². The lowest BCUT2D eigenvalue weighted by Gasteiger charge is -2.11. The lowest BCUT2D eigenvalue weighted by Crippen LogP contribution is -2.15. The zero-order chi connectivity index (χ0) is 19.6. The first kappa shape index (κ1) is 16.7. The minimum atomic E-state index is -0.306. The summed E-state index contributed by atoms with van der Waals surface area (Å²) < 4.78 is 0. The Hall–Kier alpha value is -3.26. The number of anilines is 1. The number of nitrogens with zero attached hydrogens (tertiary/aromatic N) is 3. The van der Waals surface area contributed by atoms with E-state index in [1.54, 1.807) is 18.6 Å². The number of hydrogen-bond donors (Lipinski definition) is 1. The van der Waals surface area contributed by atoms with Gasteiger partial charge in [0.2, 0.25) is 5.91 Å². The summed E-state index contributed by atoms with van der Waals surface area (Å²) in [5, 5.41) is 14.8. The molecule has 0 radical (unpaired) electrons.